The van der Waals surface area contributed by atoms with Crippen molar-refractivity contribution in [2.75, 3.05) is 13.1 Å². The molecule has 156 valence electrons. The van der Waals surface area contributed by atoms with Crippen LogP contribution in [0.4, 0.5) is 4.79 Å². The van der Waals surface area contributed by atoms with Crippen molar-refractivity contribution in [1.29, 1.82) is 0 Å². The average molecular weight is 398 g/mol. The van der Waals surface area contributed by atoms with Gasteiger partial charge in [-0.1, -0.05) is 49.4 Å². The maximum Gasteiger partial charge on any atom is 0.410 e. The summed E-state index contributed by atoms with van der Waals surface area (Å²) in [7, 11) is 0. The first-order chi connectivity index (χ1) is 13.7. The first-order valence-electron chi connectivity index (χ1n) is 10.1. The molecule has 0 radical (unpaired) electrons. The second-order valence-corrected chi connectivity index (χ2v) is 8.80. The van der Waals surface area contributed by atoms with Crippen LogP contribution in [0.1, 0.15) is 45.2 Å². The van der Waals surface area contributed by atoms with Crippen LogP contribution in [0.3, 0.4) is 0 Å². The van der Waals surface area contributed by atoms with E-state index in [9.17, 15) is 9.90 Å². The zero-order valence-corrected chi connectivity index (χ0v) is 17.7. The third kappa shape index (κ3) is 5.30. The van der Waals surface area contributed by atoms with Crippen molar-refractivity contribution in [3.63, 3.8) is 0 Å². The summed E-state index contributed by atoms with van der Waals surface area (Å²) in [5.41, 5.74) is 0.374. The molecule has 1 N–H and O–H groups in total. The fourth-order valence-electron chi connectivity index (χ4n) is 3.64. The van der Waals surface area contributed by atoms with E-state index in [-0.39, 0.29) is 12.0 Å². The molecule has 5 heteroatoms. The summed E-state index contributed by atoms with van der Waals surface area (Å²) in [6.45, 7) is 8.91. The number of piperidine rings is 1. The molecule has 1 saturated heterocycles. The Morgan fingerprint density at radius 2 is 1.90 bits per heavy atom. The van der Waals surface area contributed by atoms with Crippen LogP contribution >= 0.6 is 0 Å². The third-order valence-corrected chi connectivity index (χ3v) is 5.31. The topological polar surface area (TPSA) is 59.0 Å². The van der Waals surface area contributed by atoms with Gasteiger partial charge in [-0.25, -0.2) is 4.79 Å². The summed E-state index contributed by atoms with van der Waals surface area (Å²) in [5, 5.41) is 11.4. The third-order valence-electron chi connectivity index (χ3n) is 5.31. The Balaban J connectivity index is 1.67. The molecule has 29 heavy (non-hydrogen) atoms. The van der Waals surface area contributed by atoms with Gasteiger partial charge >= 0.3 is 6.09 Å². The molecular formula is C24H31NO4. The summed E-state index contributed by atoms with van der Waals surface area (Å²) >= 11 is 0. The Kier molecular flexibility index (Phi) is 6.18. The molecule has 2 aromatic carbocycles. The van der Waals surface area contributed by atoms with Crippen molar-refractivity contribution < 1.29 is 19.4 Å². The van der Waals surface area contributed by atoms with E-state index in [1.54, 1.807) is 4.90 Å². The molecule has 3 rings (SSSR count). The highest BCUT2D eigenvalue weighted by molar-refractivity contribution is 5.68. The molecule has 1 amide bonds. The molecular weight excluding hydrogens is 366 g/mol. The van der Waals surface area contributed by atoms with E-state index in [1.807, 2.05) is 82.3 Å². The summed E-state index contributed by atoms with van der Waals surface area (Å²) in [5.74, 6) is 0.592. The quantitative estimate of drug-likeness (QED) is 0.810. The predicted octanol–water partition coefficient (Wildman–Crippen LogP) is 4.73. The van der Waals surface area contributed by atoms with Crippen molar-refractivity contribution in [2.24, 2.45) is 5.92 Å². The maximum atomic E-state index is 12.4. The van der Waals surface area contributed by atoms with E-state index in [0.29, 0.717) is 26.1 Å². The number of ether oxygens (including phenoxy) is 2. The highest BCUT2D eigenvalue weighted by Gasteiger charge is 2.42. The normalized spacial score (nSPS) is 22.2. The van der Waals surface area contributed by atoms with Gasteiger partial charge in [0.25, 0.3) is 0 Å². The lowest BCUT2D eigenvalue weighted by Crippen LogP contribution is -2.51. The van der Waals surface area contributed by atoms with Crippen LogP contribution in [-0.2, 0) is 16.9 Å². The van der Waals surface area contributed by atoms with E-state index >= 15 is 0 Å². The molecule has 0 aliphatic carbocycles. The van der Waals surface area contributed by atoms with Gasteiger partial charge in [-0.05, 0) is 50.5 Å². The van der Waals surface area contributed by atoms with Gasteiger partial charge in [0.15, 0.2) is 0 Å². The fourth-order valence-corrected chi connectivity index (χ4v) is 3.64. The highest BCUT2D eigenvalue weighted by atomic mass is 16.6. The number of rotatable bonds is 4. The van der Waals surface area contributed by atoms with Crippen molar-refractivity contribution in [3.8, 4) is 5.75 Å². The number of carbonyl (C=O) groups excluding carboxylic acids is 1. The number of hydrogen-bond donors (Lipinski definition) is 1. The standard InChI is InChI=1S/C24H31NO4/c1-18-16-25(22(26)29-23(2,3)4)14-13-24(18,27)20-11-8-12-21(15-20)28-17-19-9-6-5-7-10-19/h5-12,15,18,27H,13-14,16-17H2,1-4H3. The average Bonchev–Trinajstić information content (AvgIpc) is 2.68. The fraction of sp³-hybridized carbons (Fsp3) is 0.458. The Hall–Kier alpha value is -2.53. The summed E-state index contributed by atoms with van der Waals surface area (Å²) in [4.78, 5) is 14.1. The minimum absolute atomic E-state index is 0.131. The van der Waals surface area contributed by atoms with Crippen LogP contribution < -0.4 is 4.74 Å². The number of amides is 1. The summed E-state index contributed by atoms with van der Waals surface area (Å²) in [6, 6.07) is 17.6. The van der Waals surface area contributed by atoms with Gasteiger partial charge in [0.2, 0.25) is 0 Å². The van der Waals surface area contributed by atoms with E-state index in [1.165, 1.54) is 0 Å². The second-order valence-electron chi connectivity index (χ2n) is 8.80. The van der Waals surface area contributed by atoms with E-state index in [4.69, 9.17) is 9.47 Å². The predicted molar refractivity (Wildman–Crippen MR) is 113 cm³/mol. The first kappa shape index (κ1) is 21.2. The molecule has 0 aromatic heterocycles. The second kappa shape index (κ2) is 8.46. The number of likely N-dealkylation sites (tertiary alicyclic amines) is 1. The van der Waals surface area contributed by atoms with Crippen molar-refractivity contribution >= 4 is 6.09 Å². The van der Waals surface area contributed by atoms with E-state index < -0.39 is 11.2 Å². The summed E-state index contributed by atoms with van der Waals surface area (Å²) in [6.07, 6.45) is 0.126. The van der Waals surface area contributed by atoms with Crippen LogP contribution in [0, 0.1) is 5.92 Å². The smallest absolute Gasteiger partial charge is 0.410 e. The molecule has 0 bridgehead atoms. The minimum atomic E-state index is -1.01. The van der Waals surface area contributed by atoms with Crippen molar-refractivity contribution in [2.45, 2.75) is 51.9 Å². The van der Waals surface area contributed by atoms with Crippen LogP contribution in [0.2, 0.25) is 0 Å². The molecule has 2 unspecified atom stereocenters. The number of carbonyl (C=O) groups is 1. The van der Waals surface area contributed by atoms with Crippen LogP contribution in [0.15, 0.2) is 54.6 Å². The Labute approximate surface area is 173 Å². The van der Waals surface area contributed by atoms with E-state index in [2.05, 4.69) is 0 Å². The van der Waals surface area contributed by atoms with Gasteiger partial charge in [-0.2, -0.15) is 0 Å². The lowest BCUT2D eigenvalue weighted by Gasteiger charge is -2.43. The molecule has 1 aliphatic rings. The first-order valence-corrected chi connectivity index (χ1v) is 10.1. The highest BCUT2D eigenvalue weighted by Crippen LogP contribution is 2.38. The summed E-state index contributed by atoms with van der Waals surface area (Å²) < 4.78 is 11.4. The van der Waals surface area contributed by atoms with Gasteiger partial charge in [0, 0.05) is 19.0 Å². The number of aliphatic hydroxyl groups is 1. The van der Waals surface area contributed by atoms with Crippen LogP contribution in [0.25, 0.3) is 0 Å². The monoisotopic (exact) mass is 397 g/mol. The lowest BCUT2D eigenvalue weighted by atomic mass is 9.77. The van der Waals surface area contributed by atoms with Gasteiger partial charge in [0.05, 0.1) is 5.60 Å². The van der Waals surface area contributed by atoms with E-state index in [0.717, 1.165) is 16.9 Å². The number of benzene rings is 2. The van der Waals surface area contributed by atoms with Gasteiger partial charge in [-0.15, -0.1) is 0 Å². The largest absolute Gasteiger partial charge is 0.489 e. The molecule has 1 heterocycles. The zero-order valence-electron chi connectivity index (χ0n) is 17.7. The lowest BCUT2D eigenvalue weighted by molar-refractivity contribution is -0.0734. The maximum absolute atomic E-state index is 12.4. The number of nitrogens with zero attached hydrogens (tertiary/aromatic N) is 1. The van der Waals surface area contributed by atoms with Crippen molar-refractivity contribution in [3.05, 3.63) is 65.7 Å². The Morgan fingerprint density at radius 1 is 1.17 bits per heavy atom. The van der Waals surface area contributed by atoms with Crippen molar-refractivity contribution in [1.82, 2.24) is 4.90 Å². The van der Waals surface area contributed by atoms with Crippen LogP contribution in [-0.4, -0.2) is 34.8 Å². The number of hydrogen-bond acceptors (Lipinski definition) is 4. The zero-order chi connectivity index (χ0) is 21.1. The minimum Gasteiger partial charge on any atom is -0.489 e. The Bertz CT molecular complexity index is 830. The molecule has 2 atom stereocenters. The Morgan fingerprint density at radius 3 is 2.55 bits per heavy atom. The molecule has 1 fully saturated rings. The SMILES string of the molecule is CC1CN(C(=O)OC(C)(C)C)CCC1(O)c1cccc(OCc2ccccc2)c1. The molecule has 0 spiro atoms. The van der Waals surface area contributed by atoms with Gasteiger partial charge in [-0.3, -0.25) is 0 Å². The van der Waals surface area contributed by atoms with Crippen LogP contribution in [0.5, 0.6) is 5.75 Å². The molecule has 0 saturated carbocycles. The molecule has 2 aromatic rings. The van der Waals surface area contributed by atoms with Gasteiger partial charge in [0.1, 0.15) is 18.0 Å². The van der Waals surface area contributed by atoms with Gasteiger partial charge < -0.3 is 19.5 Å². The molecule has 5 nitrogen and oxygen atoms in total. The molecule has 1 aliphatic heterocycles.